The van der Waals surface area contributed by atoms with Crippen LogP contribution in [0.5, 0.6) is 0 Å². The van der Waals surface area contributed by atoms with E-state index in [9.17, 15) is 14.4 Å². The van der Waals surface area contributed by atoms with Gasteiger partial charge >= 0.3 is 23.0 Å². The molecule has 0 aromatic carbocycles. The second kappa shape index (κ2) is 12.1. The zero-order valence-electron chi connectivity index (χ0n) is 13.8. The number of hydrogen-bond donors (Lipinski definition) is 0. The maximum absolute atomic E-state index is 11.5. The second-order valence-electron chi connectivity index (χ2n) is 5.01. The molecule has 0 saturated carbocycles. The zero-order chi connectivity index (χ0) is 14.4. The fourth-order valence-corrected chi connectivity index (χ4v) is 2.23. The predicted octanol–water partition coefficient (Wildman–Crippen LogP) is 3.18. The first-order valence-corrected chi connectivity index (χ1v) is 7.08. The molecular weight excluding hydrogens is 338 g/mol. The van der Waals surface area contributed by atoms with Crippen LogP contribution in [0.1, 0.15) is 44.9 Å². The molecule has 0 bridgehead atoms. The summed E-state index contributed by atoms with van der Waals surface area (Å²) in [6.45, 7) is 0. The molecule has 1 fully saturated rings. The summed E-state index contributed by atoms with van der Waals surface area (Å²) >= 11 is 0. The number of imide groups is 1. The third-order valence-corrected chi connectivity index (χ3v) is 3.41. The van der Waals surface area contributed by atoms with E-state index >= 15 is 0 Å². The Hall–Kier alpha value is -1.39. The van der Waals surface area contributed by atoms with Gasteiger partial charge in [-0.25, -0.2) is 4.79 Å². The van der Waals surface area contributed by atoms with Crippen molar-refractivity contribution in [2.45, 2.75) is 44.9 Å². The van der Waals surface area contributed by atoms with Crippen molar-refractivity contribution in [3.8, 4) is 0 Å². The number of rotatable bonds is 2. The van der Waals surface area contributed by atoms with Crippen LogP contribution in [0, 0.1) is 20.8 Å². The Kier molecular flexibility index (Phi) is 12.5. The zero-order valence-corrected chi connectivity index (χ0v) is 14.9. The first kappa shape index (κ1) is 23.9. The fourth-order valence-electron chi connectivity index (χ4n) is 2.23. The van der Waals surface area contributed by atoms with Crippen LogP contribution in [-0.2, 0) is 36.3 Å². The topological polar surface area (TPSA) is 63.7 Å². The minimum atomic E-state index is -0.521. The SMILES string of the molecule is C1=CCCC1.O=C(ON1C(=O)CCC1=O)C1C=CCC1.[CH3-].[CH3-].[Fe+2]. The minimum Gasteiger partial charge on any atom is -0.358 e. The quantitative estimate of drug-likeness (QED) is 0.327. The Morgan fingerprint density at radius 2 is 1.57 bits per heavy atom. The van der Waals surface area contributed by atoms with Crippen molar-refractivity contribution in [3.05, 3.63) is 39.2 Å². The van der Waals surface area contributed by atoms with Gasteiger partial charge in [-0.3, -0.25) is 9.59 Å². The molecule has 1 atom stereocenters. The molecule has 0 aromatic rings. The Morgan fingerprint density at radius 1 is 1.00 bits per heavy atom. The summed E-state index contributed by atoms with van der Waals surface area (Å²) in [6, 6.07) is 0. The van der Waals surface area contributed by atoms with Crippen LogP contribution in [0.15, 0.2) is 24.3 Å². The number of carbonyl (C=O) groups is 3. The van der Waals surface area contributed by atoms with Crippen LogP contribution in [0.3, 0.4) is 0 Å². The molecule has 3 rings (SSSR count). The molecule has 0 radical (unpaired) electrons. The molecular formula is C17H25FeNO4. The Morgan fingerprint density at radius 3 is 1.96 bits per heavy atom. The van der Waals surface area contributed by atoms with E-state index in [4.69, 9.17) is 4.84 Å². The Labute approximate surface area is 149 Å². The molecule has 1 heterocycles. The van der Waals surface area contributed by atoms with E-state index in [0.717, 1.165) is 6.42 Å². The van der Waals surface area contributed by atoms with Crippen molar-refractivity contribution in [1.29, 1.82) is 0 Å². The summed E-state index contributed by atoms with van der Waals surface area (Å²) < 4.78 is 0. The molecule has 1 unspecified atom stereocenters. The Balaban J connectivity index is 0. The van der Waals surface area contributed by atoms with Gasteiger partial charge in [0.1, 0.15) is 0 Å². The molecule has 1 saturated heterocycles. The van der Waals surface area contributed by atoms with Crippen LogP contribution in [0.25, 0.3) is 0 Å². The van der Waals surface area contributed by atoms with Crippen molar-refractivity contribution in [1.82, 2.24) is 5.06 Å². The molecule has 23 heavy (non-hydrogen) atoms. The maximum atomic E-state index is 11.5. The number of amides is 2. The van der Waals surface area contributed by atoms with Crippen molar-refractivity contribution in [3.63, 3.8) is 0 Å². The summed E-state index contributed by atoms with van der Waals surface area (Å²) in [4.78, 5) is 38.5. The van der Waals surface area contributed by atoms with E-state index in [1.54, 1.807) is 6.08 Å². The van der Waals surface area contributed by atoms with Crippen LogP contribution in [-0.4, -0.2) is 22.8 Å². The number of carbonyl (C=O) groups excluding carboxylic acids is 3. The number of hydrogen-bond acceptors (Lipinski definition) is 4. The van der Waals surface area contributed by atoms with E-state index in [0.29, 0.717) is 11.5 Å². The summed E-state index contributed by atoms with van der Waals surface area (Å²) in [5, 5.41) is 0.592. The summed E-state index contributed by atoms with van der Waals surface area (Å²) in [5.41, 5.74) is 0. The van der Waals surface area contributed by atoms with E-state index in [1.165, 1.54) is 19.3 Å². The summed E-state index contributed by atoms with van der Waals surface area (Å²) in [5.74, 6) is -1.70. The van der Waals surface area contributed by atoms with Gasteiger partial charge < -0.3 is 19.7 Å². The van der Waals surface area contributed by atoms with Gasteiger partial charge in [0, 0.05) is 12.8 Å². The van der Waals surface area contributed by atoms with Gasteiger partial charge in [-0.2, -0.15) is 0 Å². The normalized spacial score (nSPS) is 20.9. The van der Waals surface area contributed by atoms with Crippen LogP contribution < -0.4 is 0 Å². The van der Waals surface area contributed by atoms with Crippen molar-refractivity contribution >= 4 is 17.8 Å². The molecule has 0 N–H and O–H groups in total. The van der Waals surface area contributed by atoms with Crippen molar-refractivity contribution in [2.24, 2.45) is 5.92 Å². The van der Waals surface area contributed by atoms with Gasteiger partial charge in [-0.1, -0.05) is 24.3 Å². The van der Waals surface area contributed by atoms with Crippen LogP contribution in [0.4, 0.5) is 0 Å². The third-order valence-electron chi connectivity index (χ3n) is 3.41. The van der Waals surface area contributed by atoms with E-state index in [2.05, 4.69) is 12.2 Å². The van der Waals surface area contributed by atoms with Crippen molar-refractivity contribution < 1.29 is 36.3 Å². The molecule has 0 aromatic heterocycles. The average Bonchev–Trinajstić information content (AvgIpc) is 3.18. The van der Waals surface area contributed by atoms with Gasteiger partial charge in [-0.05, 0) is 32.1 Å². The first-order chi connectivity index (χ1) is 9.68. The smallest absolute Gasteiger partial charge is 0.358 e. The number of allylic oxidation sites excluding steroid dienone is 3. The van der Waals surface area contributed by atoms with Gasteiger partial charge in [0.05, 0.1) is 5.92 Å². The molecule has 2 aliphatic carbocycles. The van der Waals surface area contributed by atoms with Gasteiger partial charge in [0.15, 0.2) is 0 Å². The van der Waals surface area contributed by atoms with Gasteiger partial charge in [0.25, 0.3) is 11.8 Å². The van der Waals surface area contributed by atoms with Gasteiger partial charge in [0.2, 0.25) is 0 Å². The predicted molar refractivity (Wildman–Crippen MR) is 84.9 cm³/mol. The average molecular weight is 363 g/mol. The van der Waals surface area contributed by atoms with E-state index < -0.39 is 17.8 Å². The number of nitrogens with zero attached hydrogens (tertiary/aromatic N) is 1. The molecule has 0 spiro atoms. The first-order valence-electron chi connectivity index (χ1n) is 7.08. The van der Waals surface area contributed by atoms with Gasteiger partial charge in [-0.15, -0.1) is 5.06 Å². The largest absolute Gasteiger partial charge is 2.00 e. The molecule has 2 amide bonds. The molecule has 6 heteroatoms. The molecule has 3 aliphatic rings. The Bertz CT molecular complexity index is 438. The standard InChI is InChI=1S/C10H11NO4.C5H8.2CH3.Fe/c12-8-5-6-9(13)11(8)15-10(14)7-3-1-2-4-7;1-2-4-5-3-1;;;/h1,3,7H,2,4-6H2;1-2H,3-5H2;2*1H3;/q;;2*-1;+2. The van der Waals surface area contributed by atoms with E-state index in [1.807, 2.05) is 6.08 Å². The molecule has 5 nitrogen and oxygen atoms in total. The molecule has 130 valence electrons. The summed E-state index contributed by atoms with van der Waals surface area (Å²) in [7, 11) is 0. The fraction of sp³-hybridized carbons (Fsp3) is 0.471. The van der Waals surface area contributed by atoms with E-state index in [-0.39, 0.29) is 50.7 Å². The third kappa shape index (κ3) is 7.14. The second-order valence-corrected chi connectivity index (χ2v) is 5.01. The number of hydroxylamine groups is 2. The van der Waals surface area contributed by atoms with Crippen molar-refractivity contribution in [2.75, 3.05) is 0 Å². The maximum Gasteiger partial charge on any atom is 2.00 e. The molecule has 1 aliphatic heterocycles. The summed E-state index contributed by atoms with van der Waals surface area (Å²) in [6.07, 6.45) is 13.9. The van der Waals surface area contributed by atoms with Crippen LogP contribution >= 0.6 is 0 Å². The minimum absolute atomic E-state index is 0. The monoisotopic (exact) mass is 363 g/mol. The van der Waals surface area contributed by atoms with Crippen LogP contribution in [0.2, 0.25) is 0 Å².